The summed E-state index contributed by atoms with van der Waals surface area (Å²) in [6.45, 7) is 0.0939. The van der Waals surface area contributed by atoms with Crippen molar-refractivity contribution in [3.63, 3.8) is 0 Å². The number of carboxylic acid groups (broad SMARTS) is 1. The predicted molar refractivity (Wildman–Crippen MR) is 68.9 cm³/mol. The normalized spacial score (nSPS) is 11.0. The number of nitrogens with zero attached hydrogens (tertiary/aromatic N) is 1. The van der Waals surface area contributed by atoms with Gasteiger partial charge in [0.1, 0.15) is 6.54 Å². The van der Waals surface area contributed by atoms with Crippen LogP contribution in [0.5, 0.6) is 0 Å². The van der Waals surface area contributed by atoms with Crippen LogP contribution in [0, 0.1) is 0 Å². The first-order valence-electron chi connectivity index (χ1n) is 6.14. The van der Waals surface area contributed by atoms with Crippen LogP contribution in [0.25, 0.3) is 0 Å². The summed E-state index contributed by atoms with van der Waals surface area (Å²) in [5.41, 5.74) is 0.689. The highest BCUT2D eigenvalue weighted by Crippen LogP contribution is 2.16. The van der Waals surface area contributed by atoms with Gasteiger partial charge in [0.15, 0.2) is 0 Å². The second kappa shape index (κ2) is 6.96. The van der Waals surface area contributed by atoms with Crippen LogP contribution < -0.4 is 5.32 Å². The number of alkyl halides is 3. The average molecular weight is 304 g/mol. The number of halogens is 3. The number of hydrogen-bond acceptors (Lipinski definition) is 2. The monoisotopic (exact) mass is 304 g/mol. The summed E-state index contributed by atoms with van der Waals surface area (Å²) in [7, 11) is 0. The summed E-state index contributed by atoms with van der Waals surface area (Å²) in [6.07, 6.45) is -4.45. The Morgan fingerprint density at radius 2 is 1.81 bits per heavy atom. The van der Waals surface area contributed by atoms with Gasteiger partial charge in [0, 0.05) is 13.1 Å². The van der Waals surface area contributed by atoms with Gasteiger partial charge in [-0.3, -0.25) is 0 Å². The van der Waals surface area contributed by atoms with Crippen LogP contribution in [-0.2, 0) is 6.54 Å². The molecule has 116 valence electrons. The van der Waals surface area contributed by atoms with Gasteiger partial charge in [0.25, 0.3) is 0 Å². The molecule has 2 amide bonds. The highest BCUT2D eigenvalue weighted by atomic mass is 19.4. The smallest absolute Gasteiger partial charge is 0.406 e. The van der Waals surface area contributed by atoms with Crippen molar-refractivity contribution in [1.82, 2.24) is 10.2 Å². The predicted octanol–water partition coefficient (Wildman–Crippen LogP) is 2.48. The second-order valence-electron chi connectivity index (χ2n) is 4.29. The molecule has 0 aliphatic carbocycles. The molecule has 1 aromatic rings. The zero-order valence-electron chi connectivity index (χ0n) is 11.3. The molecule has 0 radical (unpaired) electrons. The zero-order chi connectivity index (χ0) is 16.0. The number of amides is 2. The van der Waals surface area contributed by atoms with E-state index in [1.807, 2.05) is 0 Å². The number of carboxylic acids is 1. The molecule has 0 fully saturated rings. The first kappa shape index (κ1) is 16.8. The number of nitrogens with one attached hydrogen (secondary N) is 1. The third-order valence-corrected chi connectivity index (χ3v) is 2.68. The van der Waals surface area contributed by atoms with Crippen LogP contribution in [-0.4, -0.2) is 41.3 Å². The first-order valence-corrected chi connectivity index (χ1v) is 6.14. The third kappa shape index (κ3) is 5.72. The van der Waals surface area contributed by atoms with Crippen LogP contribution in [0.4, 0.5) is 18.0 Å². The molecule has 21 heavy (non-hydrogen) atoms. The zero-order valence-corrected chi connectivity index (χ0v) is 11.3. The lowest BCUT2D eigenvalue weighted by Gasteiger charge is -2.22. The fraction of sp³-hybridized carbons (Fsp3) is 0.385. The number of benzene rings is 1. The van der Waals surface area contributed by atoms with Gasteiger partial charge in [0.05, 0.1) is 5.56 Å². The van der Waals surface area contributed by atoms with Crippen LogP contribution in [0.15, 0.2) is 24.3 Å². The Balaban J connectivity index is 2.57. The standard InChI is InChI=1S/C13H15F3N2O3/c1-2-18(8-13(14,15)16)12(21)17-7-9-3-5-10(6-4-9)11(19)20/h3-6H,2,7-8H2,1H3,(H,17,21)(H,19,20). The number of urea groups is 1. The molecule has 0 atom stereocenters. The maximum Gasteiger partial charge on any atom is 0.406 e. The Bertz CT molecular complexity index is 500. The van der Waals surface area contributed by atoms with E-state index in [1.54, 1.807) is 0 Å². The number of aromatic carboxylic acids is 1. The lowest BCUT2D eigenvalue weighted by molar-refractivity contribution is -0.139. The van der Waals surface area contributed by atoms with Crippen LogP contribution in [0.3, 0.4) is 0 Å². The van der Waals surface area contributed by atoms with E-state index in [9.17, 15) is 22.8 Å². The van der Waals surface area contributed by atoms with Crippen molar-refractivity contribution < 1.29 is 27.9 Å². The van der Waals surface area contributed by atoms with Gasteiger partial charge in [-0.05, 0) is 24.6 Å². The molecule has 8 heteroatoms. The maximum atomic E-state index is 12.3. The molecule has 1 aromatic carbocycles. The number of rotatable bonds is 5. The van der Waals surface area contributed by atoms with Gasteiger partial charge in [-0.15, -0.1) is 0 Å². The summed E-state index contributed by atoms with van der Waals surface area (Å²) in [6, 6.07) is 4.87. The highest BCUT2D eigenvalue weighted by Gasteiger charge is 2.32. The van der Waals surface area contributed by atoms with Crippen molar-refractivity contribution in [3.05, 3.63) is 35.4 Å². The Labute approximate surface area is 119 Å². The van der Waals surface area contributed by atoms with E-state index in [-0.39, 0.29) is 18.7 Å². The largest absolute Gasteiger partial charge is 0.478 e. The molecule has 0 aliphatic heterocycles. The van der Waals surface area contributed by atoms with Crippen LogP contribution >= 0.6 is 0 Å². The van der Waals surface area contributed by atoms with Crippen LogP contribution in [0.2, 0.25) is 0 Å². The van der Waals surface area contributed by atoms with E-state index in [1.165, 1.54) is 31.2 Å². The summed E-state index contributed by atoms with van der Waals surface area (Å²) >= 11 is 0. The Kier molecular flexibility index (Phi) is 5.57. The topological polar surface area (TPSA) is 69.6 Å². The highest BCUT2D eigenvalue weighted by molar-refractivity contribution is 5.87. The molecule has 0 aliphatic rings. The molecular formula is C13H15F3N2O3. The van der Waals surface area contributed by atoms with Crippen molar-refractivity contribution in [3.8, 4) is 0 Å². The molecule has 1 rings (SSSR count). The quantitative estimate of drug-likeness (QED) is 0.878. The molecule has 0 aromatic heterocycles. The molecule has 0 unspecified atom stereocenters. The molecule has 0 heterocycles. The Morgan fingerprint density at radius 3 is 2.24 bits per heavy atom. The lowest BCUT2D eigenvalue weighted by atomic mass is 10.1. The van der Waals surface area contributed by atoms with Gasteiger partial charge < -0.3 is 15.3 Å². The number of carbonyl (C=O) groups is 2. The molecular weight excluding hydrogens is 289 g/mol. The second-order valence-corrected chi connectivity index (χ2v) is 4.29. The first-order chi connectivity index (χ1) is 9.73. The Hall–Kier alpha value is -2.25. The van der Waals surface area contributed by atoms with E-state index in [2.05, 4.69) is 5.32 Å². The van der Waals surface area contributed by atoms with E-state index >= 15 is 0 Å². The molecule has 0 bridgehead atoms. The summed E-state index contributed by atoms with van der Waals surface area (Å²) in [4.78, 5) is 22.9. The van der Waals surface area contributed by atoms with Crippen molar-refractivity contribution in [1.29, 1.82) is 0 Å². The molecule has 0 spiro atoms. The van der Waals surface area contributed by atoms with E-state index < -0.39 is 24.7 Å². The Morgan fingerprint density at radius 1 is 1.24 bits per heavy atom. The summed E-state index contributed by atoms with van der Waals surface area (Å²) in [5, 5.41) is 11.1. The minimum absolute atomic E-state index is 0.0209. The molecule has 0 saturated heterocycles. The fourth-order valence-electron chi connectivity index (χ4n) is 1.60. The van der Waals surface area contributed by atoms with Gasteiger partial charge in [-0.2, -0.15) is 13.2 Å². The maximum absolute atomic E-state index is 12.3. The molecule has 2 N–H and O–H groups in total. The van der Waals surface area contributed by atoms with Crippen molar-refractivity contribution in [2.45, 2.75) is 19.6 Å². The minimum atomic E-state index is -4.45. The molecule has 5 nitrogen and oxygen atoms in total. The van der Waals surface area contributed by atoms with E-state index in [4.69, 9.17) is 5.11 Å². The fourth-order valence-corrected chi connectivity index (χ4v) is 1.60. The van der Waals surface area contributed by atoms with E-state index in [0.717, 1.165) is 0 Å². The summed E-state index contributed by atoms with van der Waals surface area (Å²) in [5.74, 6) is -1.08. The summed E-state index contributed by atoms with van der Waals surface area (Å²) < 4.78 is 36.8. The van der Waals surface area contributed by atoms with Crippen molar-refractivity contribution in [2.24, 2.45) is 0 Å². The third-order valence-electron chi connectivity index (χ3n) is 2.68. The number of hydrogen-bond donors (Lipinski definition) is 2. The molecule has 0 saturated carbocycles. The van der Waals surface area contributed by atoms with Crippen molar-refractivity contribution in [2.75, 3.05) is 13.1 Å². The van der Waals surface area contributed by atoms with E-state index in [0.29, 0.717) is 10.5 Å². The van der Waals surface area contributed by atoms with Gasteiger partial charge in [0.2, 0.25) is 0 Å². The van der Waals surface area contributed by atoms with Gasteiger partial charge in [-0.1, -0.05) is 12.1 Å². The number of carbonyl (C=O) groups excluding carboxylic acids is 1. The average Bonchev–Trinajstić information content (AvgIpc) is 2.41. The SMILES string of the molecule is CCN(CC(F)(F)F)C(=O)NCc1ccc(C(=O)O)cc1. The van der Waals surface area contributed by atoms with Gasteiger partial charge in [-0.25, -0.2) is 9.59 Å². The van der Waals surface area contributed by atoms with Crippen molar-refractivity contribution >= 4 is 12.0 Å². The minimum Gasteiger partial charge on any atom is -0.478 e. The van der Waals surface area contributed by atoms with Gasteiger partial charge >= 0.3 is 18.2 Å². The van der Waals surface area contributed by atoms with Crippen LogP contribution in [0.1, 0.15) is 22.8 Å². The lowest BCUT2D eigenvalue weighted by Crippen LogP contribution is -2.44.